The lowest BCUT2D eigenvalue weighted by atomic mass is 10.1. The molecule has 0 aliphatic rings. The Kier molecular flexibility index (Phi) is 7.05. The topological polar surface area (TPSA) is 52.7 Å². The van der Waals surface area contributed by atoms with E-state index in [1.54, 1.807) is 4.90 Å². The second-order valence-electron chi connectivity index (χ2n) is 5.98. The Bertz CT molecular complexity index is 506. The maximum Gasteiger partial charge on any atom is 0.226 e. The molecule has 0 unspecified atom stereocenters. The summed E-state index contributed by atoms with van der Waals surface area (Å²) >= 11 is 0. The van der Waals surface area contributed by atoms with E-state index in [9.17, 15) is 9.59 Å². The number of nitrogens with one attached hydrogen (secondary N) is 1. The normalized spacial score (nSPS) is 10.6. The lowest BCUT2D eigenvalue weighted by Gasteiger charge is -2.22. The zero-order chi connectivity index (χ0) is 16.7. The van der Waals surface area contributed by atoms with Gasteiger partial charge in [0.05, 0.1) is 0 Å². The Morgan fingerprint density at radius 3 is 2.09 bits per heavy atom. The first-order valence-corrected chi connectivity index (χ1v) is 7.56. The molecule has 0 saturated heterocycles. The largest absolute Gasteiger partial charge is 0.341 e. The molecule has 1 aromatic rings. The van der Waals surface area contributed by atoms with Crippen LogP contribution in [0.4, 0.5) is 5.69 Å². The molecule has 122 valence electrons. The van der Waals surface area contributed by atoms with Crippen molar-refractivity contribution in [3.05, 3.63) is 29.3 Å². The highest BCUT2D eigenvalue weighted by Crippen LogP contribution is 2.14. The summed E-state index contributed by atoms with van der Waals surface area (Å²) in [6.45, 7) is 7.41. The second-order valence-corrected chi connectivity index (χ2v) is 5.98. The van der Waals surface area contributed by atoms with Gasteiger partial charge in [0.1, 0.15) is 0 Å². The van der Waals surface area contributed by atoms with E-state index < -0.39 is 0 Å². The van der Waals surface area contributed by atoms with E-state index in [0.717, 1.165) is 23.4 Å². The van der Waals surface area contributed by atoms with Crippen LogP contribution in [0.15, 0.2) is 18.2 Å². The van der Waals surface area contributed by atoms with Gasteiger partial charge in [-0.2, -0.15) is 0 Å². The van der Waals surface area contributed by atoms with Crippen LogP contribution in [0, 0.1) is 13.8 Å². The Balaban J connectivity index is 2.51. The molecular weight excluding hydrogens is 278 g/mol. The van der Waals surface area contributed by atoms with Crippen LogP contribution in [-0.2, 0) is 9.59 Å². The minimum Gasteiger partial charge on any atom is -0.341 e. The van der Waals surface area contributed by atoms with E-state index in [1.165, 1.54) is 6.92 Å². The Labute approximate surface area is 133 Å². The van der Waals surface area contributed by atoms with Gasteiger partial charge < -0.3 is 15.1 Å². The van der Waals surface area contributed by atoms with E-state index in [1.807, 2.05) is 45.0 Å². The molecule has 0 aromatic heterocycles. The molecule has 22 heavy (non-hydrogen) atoms. The first-order valence-electron chi connectivity index (χ1n) is 7.56. The quantitative estimate of drug-likeness (QED) is 0.839. The summed E-state index contributed by atoms with van der Waals surface area (Å²) in [6.07, 6.45) is 0.306. The second kappa shape index (κ2) is 8.54. The first-order chi connectivity index (χ1) is 10.3. The Morgan fingerprint density at radius 2 is 1.59 bits per heavy atom. The van der Waals surface area contributed by atoms with Gasteiger partial charge in [-0.05, 0) is 51.2 Å². The summed E-state index contributed by atoms with van der Waals surface area (Å²) < 4.78 is 0. The van der Waals surface area contributed by atoms with Crippen molar-refractivity contribution in [1.29, 1.82) is 0 Å². The molecule has 0 bridgehead atoms. The highest BCUT2D eigenvalue weighted by Gasteiger charge is 2.11. The van der Waals surface area contributed by atoms with Crippen molar-refractivity contribution >= 4 is 17.5 Å². The highest BCUT2D eigenvalue weighted by atomic mass is 16.2. The van der Waals surface area contributed by atoms with Crippen molar-refractivity contribution in [2.45, 2.75) is 27.2 Å². The van der Waals surface area contributed by atoms with Crippen LogP contribution in [0.3, 0.4) is 0 Å². The van der Waals surface area contributed by atoms with Crippen LogP contribution in [0.2, 0.25) is 0 Å². The molecule has 1 rings (SSSR count). The fraction of sp³-hybridized carbons (Fsp3) is 0.529. The fourth-order valence-corrected chi connectivity index (χ4v) is 2.25. The van der Waals surface area contributed by atoms with Crippen molar-refractivity contribution in [3.63, 3.8) is 0 Å². The summed E-state index contributed by atoms with van der Waals surface area (Å²) in [7, 11) is 3.93. The number of anilines is 1. The first kappa shape index (κ1) is 18.2. The monoisotopic (exact) mass is 305 g/mol. The number of likely N-dealkylation sites (N-methyl/N-ethyl adjacent to an activating group) is 1. The Hall–Kier alpha value is -1.88. The molecule has 5 nitrogen and oxygen atoms in total. The number of rotatable bonds is 7. The van der Waals surface area contributed by atoms with Crippen LogP contribution in [-0.4, -0.2) is 55.3 Å². The van der Waals surface area contributed by atoms with Gasteiger partial charge in [0.2, 0.25) is 11.8 Å². The number of aryl methyl sites for hydroxylation is 2. The van der Waals surface area contributed by atoms with Gasteiger partial charge in [-0.1, -0.05) is 6.07 Å². The maximum absolute atomic E-state index is 12.0. The summed E-state index contributed by atoms with van der Waals surface area (Å²) in [5, 5.41) is 2.90. The summed E-state index contributed by atoms with van der Waals surface area (Å²) in [4.78, 5) is 27.4. The number of amides is 2. The van der Waals surface area contributed by atoms with Crippen molar-refractivity contribution in [2.75, 3.05) is 39.0 Å². The number of carbonyl (C=O) groups excluding carboxylic acids is 2. The third-order valence-corrected chi connectivity index (χ3v) is 3.38. The highest BCUT2D eigenvalue weighted by molar-refractivity contribution is 5.91. The number of nitrogens with zero attached hydrogens (tertiary/aromatic N) is 2. The number of hydrogen-bond acceptors (Lipinski definition) is 3. The molecule has 0 fully saturated rings. The molecule has 1 aromatic carbocycles. The SMILES string of the molecule is CC(=O)N(CCC(=O)Nc1cc(C)cc(C)c1)CCN(C)C. The molecule has 0 atom stereocenters. The zero-order valence-electron chi connectivity index (χ0n) is 14.3. The smallest absolute Gasteiger partial charge is 0.226 e. The molecule has 0 heterocycles. The molecule has 2 amide bonds. The van der Waals surface area contributed by atoms with Crippen molar-refractivity contribution in [2.24, 2.45) is 0 Å². The predicted molar refractivity (Wildman–Crippen MR) is 90.0 cm³/mol. The van der Waals surface area contributed by atoms with Crippen molar-refractivity contribution < 1.29 is 9.59 Å². The number of benzene rings is 1. The van der Waals surface area contributed by atoms with Gasteiger partial charge in [-0.15, -0.1) is 0 Å². The van der Waals surface area contributed by atoms with E-state index in [0.29, 0.717) is 19.5 Å². The summed E-state index contributed by atoms with van der Waals surface area (Å²) in [6, 6.07) is 5.95. The molecule has 0 radical (unpaired) electrons. The van der Waals surface area contributed by atoms with Gasteiger partial charge >= 0.3 is 0 Å². The van der Waals surface area contributed by atoms with Gasteiger partial charge in [-0.25, -0.2) is 0 Å². The van der Waals surface area contributed by atoms with Gasteiger partial charge in [0, 0.05) is 38.7 Å². The zero-order valence-corrected chi connectivity index (χ0v) is 14.3. The molecule has 0 saturated carbocycles. The van der Waals surface area contributed by atoms with Gasteiger partial charge in [-0.3, -0.25) is 9.59 Å². The van der Waals surface area contributed by atoms with Crippen LogP contribution in [0.25, 0.3) is 0 Å². The van der Waals surface area contributed by atoms with Crippen LogP contribution >= 0.6 is 0 Å². The maximum atomic E-state index is 12.0. The molecular formula is C17H27N3O2. The minimum absolute atomic E-state index is 0.000972. The van der Waals surface area contributed by atoms with Crippen molar-refractivity contribution in [1.82, 2.24) is 9.80 Å². The Morgan fingerprint density at radius 1 is 1.00 bits per heavy atom. The minimum atomic E-state index is -0.0684. The van der Waals surface area contributed by atoms with Gasteiger partial charge in [0.25, 0.3) is 0 Å². The van der Waals surface area contributed by atoms with E-state index in [-0.39, 0.29) is 11.8 Å². The average Bonchev–Trinajstić information content (AvgIpc) is 2.36. The summed E-state index contributed by atoms with van der Waals surface area (Å²) in [5.41, 5.74) is 3.04. The predicted octanol–water partition coefficient (Wildman–Crippen LogP) is 2.04. The van der Waals surface area contributed by atoms with E-state index in [2.05, 4.69) is 11.4 Å². The fourth-order valence-electron chi connectivity index (χ4n) is 2.25. The van der Waals surface area contributed by atoms with Crippen LogP contribution in [0.5, 0.6) is 0 Å². The lowest BCUT2D eigenvalue weighted by molar-refractivity contribution is -0.129. The van der Waals surface area contributed by atoms with Crippen LogP contribution in [0.1, 0.15) is 24.5 Å². The third-order valence-electron chi connectivity index (χ3n) is 3.38. The molecule has 5 heteroatoms. The van der Waals surface area contributed by atoms with E-state index in [4.69, 9.17) is 0 Å². The molecule has 0 aliphatic carbocycles. The molecule has 0 aliphatic heterocycles. The van der Waals surface area contributed by atoms with E-state index >= 15 is 0 Å². The van der Waals surface area contributed by atoms with Gasteiger partial charge in [0.15, 0.2) is 0 Å². The lowest BCUT2D eigenvalue weighted by Crippen LogP contribution is -2.37. The summed E-state index contributed by atoms with van der Waals surface area (Å²) in [5.74, 6) is -0.0675. The average molecular weight is 305 g/mol. The third kappa shape index (κ3) is 6.72. The number of carbonyl (C=O) groups is 2. The van der Waals surface area contributed by atoms with Crippen molar-refractivity contribution in [3.8, 4) is 0 Å². The van der Waals surface area contributed by atoms with Crippen LogP contribution < -0.4 is 5.32 Å². The standard InChI is InChI=1S/C17H27N3O2/c1-13-10-14(2)12-16(11-13)18-17(22)6-7-20(15(3)21)9-8-19(4)5/h10-12H,6-9H2,1-5H3,(H,18,22). The number of hydrogen-bond donors (Lipinski definition) is 1. The molecule has 1 N–H and O–H groups in total. The molecule has 0 spiro atoms.